The number of nitrogens with one attached hydrogen (secondary N) is 1. The lowest BCUT2D eigenvalue weighted by Crippen LogP contribution is -2.30. The lowest BCUT2D eigenvalue weighted by molar-refractivity contribution is -0.120. The number of aryl methyl sites for hydroxylation is 2. The Bertz CT molecular complexity index is 914. The Balaban J connectivity index is 1.62. The molecule has 0 fully saturated rings. The number of nitrogens with zero attached hydrogens (tertiary/aromatic N) is 2. The number of fused-ring (bicyclic) bond motifs is 1. The molecule has 5 heteroatoms. The Morgan fingerprint density at radius 3 is 2.60 bits per heavy atom. The van der Waals surface area contributed by atoms with Crippen molar-refractivity contribution in [2.45, 2.75) is 26.4 Å². The van der Waals surface area contributed by atoms with E-state index < -0.39 is 6.10 Å². The Morgan fingerprint density at radius 2 is 1.92 bits per heavy atom. The number of benzene rings is 2. The second-order valence-electron chi connectivity index (χ2n) is 6.38. The molecule has 2 N–H and O–H groups in total. The number of carbonyl (C=O) groups excluding carboxylic acids is 1. The maximum atomic E-state index is 12.2. The molecule has 0 saturated heterocycles. The van der Waals surface area contributed by atoms with E-state index in [4.69, 9.17) is 0 Å². The van der Waals surface area contributed by atoms with Crippen molar-refractivity contribution < 1.29 is 9.90 Å². The first-order chi connectivity index (χ1) is 12.0. The summed E-state index contributed by atoms with van der Waals surface area (Å²) >= 11 is 0. The third kappa shape index (κ3) is 3.72. The molecule has 1 atom stereocenters. The van der Waals surface area contributed by atoms with Crippen LogP contribution in [0.1, 0.15) is 28.6 Å². The van der Waals surface area contributed by atoms with Gasteiger partial charge in [0.25, 0.3) is 0 Å². The first-order valence-corrected chi connectivity index (χ1v) is 8.38. The first-order valence-electron chi connectivity index (χ1n) is 8.38. The van der Waals surface area contributed by atoms with Crippen molar-refractivity contribution in [1.82, 2.24) is 15.1 Å². The van der Waals surface area contributed by atoms with Crippen LogP contribution in [0.3, 0.4) is 0 Å². The number of aliphatic hydroxyl groups is 1. The third-order valence-corrected chi connectivity index (χ3v) is 4.65. The summed E-state index contributed by atoms with van der Waals surface area (Å²) in [4.78, 5) is 12.2. The molecule has 0 saturated carbocycles. The average Bonchev–Trinajstić information content (AvgIpc) is 2.85. The highest BCUT2D eigenvalue weighted by Crippen LogP contribution is 2.20. The van der Waals surface area contributed by atoms with Gasteiger partial charge >= 0.3 is 0 Å². The highest BCUT2D eigenvalue weighted by Gasteiger charge is 2.15. The average molecular weight is 337 g/mol. The number of amides is 1. The van der Waals surface area contributed by atoms with E-state index in [-0.39, 0.29) is 18.9 Å². The molecule has 0 aliphatic rings. The summed E-state index contributed by atoms with van der Waals surface area (Å²) in [5, 5.41) is 19.7. The minimum absolute atomic E-state index is 0.112. The normalized spacial score (nSPS) is 12.3. The van der Waals surface area contributed by atoms with E-state index in [0.717, 1.165) is 33.3 Å². The zero-order chi connectivity index (χ0) is 18.0. The van der Waals surface area contributed by atoms with Crippen molar-refractivity contribution in [2.24, 2.45) is 7.05 Å². The highest BCUT2D eigenvalue weighted by atomic mass is 16.3. The van der Waals surface area contributed by atoms with Gasteiger partial charge in [-0.2, -0.15) is 5.10 Å². The molecular formula is C20H23N3O2. The van der Waals surface area contributed by atoms with Gasteiger partial charge in [-0.05, 0) is 36.2 Å². The summed E-state index contributed by atoms with van der Waals surface area (Å²) in [6.07, 6.45) is -0.458. The van der Waals surface area contributed by atoms with Crippen molar-refractivity contribution >= 4 is 16.7 Å². The maximum Gasteiger partial charge on any atom is 0.224 e. The van der Waals surface area contributed by atoms with Gasteiger partial charge < -0.3 is 10.4 Å². The van der Waals surface area contributed by atoms with Gasteiger partial charge in [0, 0.05) is 24.8 Å². The van der Waals surface area contributed by atoms with Crippen LogP contribution >= 0.6 is 0 Å². The minimum Gasteiger partial charge on any atom is -0.387 e. The SMILES string of the molecule is Cc1nn(C)c(C)c1CC(=O)NCC(O)c1ccc2ccccc2c1. The summed E-state index contributed by atoms with van der Waals surface area (Å²) in [7, 11) is 1.87. The van der Waals surface area contributed by atoms with Gasteiger partial charge in [0.05, 0.1) is 18.2 Å². The summed E-state index contributed by atoms with van der Waals surface area (Å²) in [5.41, 5.74) is 3.60. The third-order valence-electron chi connectivity index (χ3n) is 4.65. The number of carbonyl (C=O) groups is 1. The number of aliphatic hydroxyl groups excluding tert-OH is 1. The van der Waals surface area contributed by atoms with Crippen molar-refractivity contribution in [3.05, 3.63) is 65.0 Å². The Kier molecular flexibility index (Phi) is 4.86. The Morgan fingerprint density at radius 1 is 1.20 bits per heavy atom. The molecule has 1 heterocycles. The molecule has 0 aliphatic carbocycles. The number of hydrogen-bond donors (Lipinski definition) is 2. The van der Waals surface area contributed by atoms with Crippen LogP contribution in [0.4, 0.5) is 0 Å². The maximum absolute atomic E-state index is 12.2. The molecule has 1 unspecified atom stereocenters. The van der Waals surface area contributed by atoms with Gasteiger partial charge in [-0.25, -0.2) is 0 Å². The lowest BCUT2D eigenvalue weighted by Gasteiger charge is -2.13. The summed E-state index contributed by atoms with van der Waals surface area (Å²) in [6, 6.07) is 13.8. The van der Waals surface area contributed by atoms with Gasteiger partial charge in [-0.3, -0.25) is 9.48 Å². The fourth-order valence-corrected chi connectivity index (χ4v) is 3.04. The minimum atomic E-state index is -0.732. The Labute approximate surface area is 147 Å². The monoisotopic (exact) mass is 337 g/mol. The second kappa shape index (κ2) is 7.07. The van der Waals surface area contributed by atoms with Gasteiger partial charge in [0.2, 0.25) is 5.91 Å². The fraction of sp³-hybridized carbons (Fsp3) is 0.300. The van der Waals surface area contributed by atoms with E-state index in [1.807, 2.05) is 63.4 Å². The van der Waals surface area contributed by atoms with E-state index in [1.165, 1.54) is 0 Å². The van der Waals surface area contributed by atoms with Gasteiger partial charge in [0.15, 0.2) is 0 Å². The number of aromatic nitrogens is 2. The Hall–Kier alpha value is -2.66. The van der Waals surface area contributed by atoms with Gasteiger partial charge in [0.1, 0.15) is 0 Å². The standard InChI is InChI=1S/C20H23N3O2/c1-13-18(14(2)23(3)22-13)11-20(25)21-12-19(24)17-9-8-15-6-4-5-7-16(15)10-17/h4-10,19,24H,11-12H2,1-3H3,(H,21,25). The van der Waals surface area contributed by atoms with Crippen LogP contribution in [-0.2, 0) is 18.3 Å². The summed E-state index contributed by atoms with van der Waals surface area (Å²) in [6.45, 7) is 4.04. The molecule has 1 aromatic heterocycles. The predicted octanol–water partition coefficient (Wildman–Crippen LogP) is 2.58. The van der Waals surface area contributed by atoms with Gasteiger partial charge in [-0.15, -0.1) is 0 Å². The summed E-state index contributed by atoms with van der Waals surface area (Å²) in [5.74, 6) is -0.112. The van der Waals surface area contributed by atoms with Crippen LogP contribution in [0.5, 0.6) is 0 Å². The van der Waals surface area contributed by atoms with Crippen LogP contribution in [0, 0.1) is 13.8 Å². The predicted molar refractivity (Wildman–Crippen MR) is 98.3 cm³/mol. The topological polar surface area (TPSA) is 67.2 Å². The molecule has 0 bridgehead atoms. The largest absolute Gasteiger partial charge is 0.387 e. The van der Waals surface area contributed by atoms with E-state index in [1.54, 1.807) is 4.68 Å². The molecular weight excluding hydrogens is 314 g/mol. The lowest BCUT2D eigenvalue weighted by atomic mass is 10.0. The van der Waals surface area contributed by atoms with Crippen LogP contribution in [0.2, 0.25) is 0 Å². The molecule has 130 valence electrons. The van der Waals surface area contributed by atoms with E-state index in [2.05, 4.69) is 10.4 Å². The van der Waals surface area contributed by atoms with Crippen molar-refractivity contribution in [2.75, 3.05) is 6.54 Å². The molecule has 1 amide bonds. The van der Waals surface area contributed by atoms with Crippen LogP contribution < -0.4 is 5.32 Å². The van der Waals surface area contributed by atoms with Crippen LogP contribution in [-0.4, -0.2) is 27.3 Å². The summed E-state index contributed by atoms with van der Waals surface area (Å²) < 4.78 is 1.78. The molecule has 5 nitrogen and oxygen atoms in total. The van der Waals surface area contributed by atoms with Gasteiger partial charge in [-0.1, -0.05) is 36.4 Å². The molecule has 3 aromatic rings. The smallest absolute Gasteiger partial charge is 0.224 e. The molecule has 2 aromatic carbocycles. The highest BCUT2D eigenvalue weighted by molar-refractivity contribution is 5.83. The molecule has 0 radical (unpaired) electrons. The molecule has 0 aliphatic heterocycles. The van der Waals surface area contributed by atoms with Crippen molar-refractivity contribution in [3.8, 4) is 0 Å². The zero-order valence-corrected chi connectivity index (χ0v) is 14.8. The molecule has 25 heavy (non-hydrogen) atoms. The first kappa shape index (κ1) is 17.2. The van der Waals surface area contributed by atoms with E-state index in [9.17, 15) is 9.90 Å². The van der Waals surface area contributed by atoms with Crippen molar-refractivity contribution in [3.63, 3.8) is 0 Å². The van der Waals surface area contributed by atoms with Crippen LogP contribution in [0.15, 0.2) is 42.5 Å². The molecule has 0 spiro atoms. The quantitative estimate of drug-likeness (QED) is 0.752. The van der Waals surface area contributed by atoms with E-state index in [0.29, 0.717) is 0 Å². The zero-order valence-electron chi connectivity index (χ0n) is 14.8. The number of hydrogen-bond acceptors (Lipinski definition) is 3. The fourth-order valence-electron chi connectivity index (χ4n) is 3.04. The van der Waals surface area contributed by atoms with Crippen molar-refractivity contribution in [1.29, 1.82) is 0 Å². The second-order valence-corrected chi connectivity index (χ2v) is 6.38. The van der Waals surface area contributed by atoms with E-state index >= 15 is 0 Å². The molecule has 3 rings (SSSR count). The van der Waals surface area contributed by atoms with Crippen LogP contribution in [0.25, 0.3) is 10.8 Å². The number of rotatable bonds is 5.